The first-order valence-electron chi connectivity index (χ1n) is 9.21. The Kier molecular flexibility index (Phi) is 5.09. The van der Waals surface area contributed by atoms with E-state index in [4.69, 9.17) is 0 Å². The number of hydrogen-bond acceptors (Lipinski definition) is 4. The number of aryl methyl sites for hydroxylation is 2. The number of hydrogen-bond donors (Lipinski definition) is 1. The van der Waals surface area contributed by atoms with Crippen LogP contribution in [-0.2, 0) is 11.3 Å². The fourth-order valence-corrected chi connectivity index (χ4v) is 4.08. The fourth-order valence-electron chi connectivity index (χ4n) is 3.26. The highest BCUT2D eigenvalue weighted by atomic mass is 32.1. The Morgan fingerprint density at radius 3 is 2.63 bits per heavy atom. The van der Waals surface area contributed by atoms with Gasteiger partial charge in [0.05, 0.1) is 11.2 Å². The Bertz CT molecular complexity index is 1400. The second kappa shape index (κ2) is 7.72. The second-order valence-electron chi connectivity index (χ2n) is 7.00. The van der Waals surface area contributed by atoms with Crippen molar-refractivity contribution < 1.29 is 9.18 Å². The van der Waals surface area contributed by atoms with E-state index in [0.717, 1.165) is 16.2 Å². The van der Waals surface area contributed by atoms with Crippen LogP contribution in [0.25, 0.3) is 15.9 Å². The van der Waals surface area contributed by atoms with Gasteiger partial charge in [-0.05, 0) is 60.7 Å². The standard InChI is InChI=1S/C22H18FN3O3S/c1-13-4-3-5-15(10-13)24-19(27)12-25-18-8-9-30-20(18)21(28)26(22(25)29)16-7-6-14(2)17(23)11-16/h3-11H,12H2,1-2H3,(H,24,27). The molecule has 0 aliphatic rings. The summed E-state index contributed by atoms with van der Waals surface area (Å²) in [7, 11) is 0. The molecule has 0 aliphatic heterocycles. The van der Waals surface area contributed by atoms with Gasteiger partial charge in [0.2, 0.25) is 5.91 Å². The molecular formula is C22H18FN3O3S. The SMILES string of the molecule is Cc1cccc(NC(=O)Cn2c(=O)n(-c3ccc(C)c(F)c3)c(=O)c3sccc32)c1. The van der Waals surface area contributed by atoms with Gasteiger partial charge in [0, 0.05) is 5.69 Å². The maximum absolute atomic E-state index is 14.1. The van der Waals surface area contributed by atoms with E-state index in [-0.39, 0.29) is 12.2 Å². The van der Waals surface area contributed by atoms with Crippen LogP contribution in [0.5, 0.6) is 0 Å². The Morgan fingerprint density at radius 2 is 1.90 bits per heavy atom. The molecule has 0 spiro atoms. The van der Waals surface area contributed by atoms with Crippen LogP contribution in [0.3, 0.4) is 0 Å². The Hall–Kier alpha value is -3.52. The summed E-state index contributed by atoms with van der Waals surface area (Å²) in [4.78, 5) is 38.7. The summed E-state index contributed by atoms with van der Waals surface area (Å²) >= 11 is 1.17. The highest BCUT2D eigenvalue weighted by Gasteiger charge is 2.18. The van der Waals surface area contributed by atoms with E-state index < -0.39 is 23.0 Å². The first-order valence-corrected chi connectivity index (χ1v) is 10.1. The minimum absolute atomic E-state index is 0.122. The number of nitrogens with zero attached hydrogens (tertiary/aromatic N) is 2. The third kappa shape index (κ3) is 3.57. The molecule has 6 nitrogen and oxygen atoms in total. The van der Waals surface area contributed by atoms with E-state index >= 15 is 0 Å². The molecule has 0 aliphatic carbocycles. The van der Waals surface area contributed by atoms with Crippen LogP contribution in [0.2, 0.25) is 0 Å². The fraction of sp³-hybridized carbons (Fsp3) is 0.136. The lowest BCUT2D eigenvalue weighted by Gasteiger charge is -2.13. The van der Waals surface area contributed by atoms with Crippen molar-refractivity contribution >= 4 is 33.1 Å². The van der Waals surface area contributed by atoms with Crippen LogP contribution in [-0.4, -0.2) is 15.0 Å². The summed E-state index contributed by atoms with van der Waals surface area (Å²) in [6.45, 7) is 3.22. The maximum Gasteiger partial charge on any atom is 0.336 e. The Labute approximate surface area is 174 Å². The molecule has 0 saturated carbocycles. The van der Waals surface area contributed by atoms with E-state index in [2.05, 4.69) is 5.32 Å². The molecule has 0 bridgehead atoms. The van der Waals surface area contributed by atoms with Crippen molar-refractivity contribution in [3.63, 3.8) is 0 Å². The number of halogens is 1. The molecule has 8 heteroatoms. The van der Waals surface area contributed by atoms with E-state index in [9.17, 15) is 18.8 Å². The summed E-state index contributed by atoms with van der Waals surface area (Å²) in [5.41, 5.74) is 1.26. The highest BCUT2D eigenvalue weighted by Crippen LogP contribution is 2.18. The van der Waals surface area contributed by atoms with Gasteiger partial charge in [-0.2, -0.15) is 0 Å². The molecule has 2 heterocycles. The predicted octanol–water partition coefficient (Wildman–Crippen LogP) is 3.61. The van der Waals surface area contributed by atoms with Gasteiger partial charge in [-0.1, -0.05) is 18.2 Å². The molecule has 4 aromatic rings. The maximum atomic E-state index is 14.1. The second-order valence-corrected chi connectivity index (χ2v) is 7.91. The summed E-state index contributed by atoms with van der Waals surface area (Å²) in [6, 6.07) is 13.1. The van der Waals surface area contributed by atoms with E-state index in [0.29, 0.717) is 21.5 Å². The third-order valence-electron chi connectivity index (χ3n) is 4.77. The molecule has 0 fully saturated rings. The molecule has 4 rings (SSSR count). The lowest BCUT2D eigenvalue weighted by Crippen LogP contribution is -2.40. The largest absolute Gasteiger partial charge is 0.336 e. The zero-order valence-electron chi connectivity index (χ0n) is 16.3. The van der Waals surface area contributed by atoms with Crippen LogP contribution in [0.1, 0.15) is 11.1 Å². The number of rotatable bonds is 4. The molecular weight excluding hydrogens is 405 g/mol. The van der Waals surface area contributed by atoms with Gasteiger partial charge in [0.25, 0.3) is 5.56 Å². The van der Waals surface area contributed by atoms with Crippen molar-refractivity contribution in [2.24, 2.45) is 0 Å². The smallest absolute Gasteiger partial charge is 0.325 e. The van der Waals surface area contributed by atoms with Crippen molar-refractivity contribution in [3.8, 4) is 5.69 Å². The Balaban J connectivity index is 1.81. The van der Waals surface area contributed by atoms with Gasteiger partial charge in [0.1, 0.15) is 17.1 Å². The number of fused-ring (bicyclic) bond motifs is 1. The average molecular weight is 423 g/mol. The monoisotopic (exact) mass is 423 g/mol. The van der Waals surface area contributed by atoms with Crippen LogP contribution >= 0.6 is 11.3 Å². The van der Waals surface area contributed by atoms with Gasteiger partial charge in [-0.15, -0.1) is 11.3 Å². The number of anilines is 1. The van der Waals surface area contributed by atoms with E-state index in [1.165, 1.54) is 28.0 Å². The highest BCUT2D eigenvalue weighted by molar-refractivity contribution is 7.17. The molecule has 1 amide bonds. The summed E-state index contributed by atoms with van der Waals surface area (Å²) in [5, 5.41) is 4.44. The molecule has 0 unspecified atom stereocenters. The first kappa shape index (κ1) is 19.8. The van der Waals surface area contributed by atoms with Gasteiger partial charge >= 0.3 is 5.69 Å². The predicted molar refractivity (Wildman–Crippen MR) is 116 cm³/mol. The number of aromatic nitrogens is 2. The number of amides is 1. The average Bonchev–Trinajstić information content (AvgIpc) is 3.18. The molecule has 0 radical (unpaired) electrons. The van der Waals surface area contributed by atoms with Crippen molar-refractivity contribution in [2.45, 2.75) is 20.4 Å². The molecule has 1 N–H and O–H groups in total. The molecule has 0 saturated heterocycles. The van der Waals surface area contributed by atoms with Crippen molar-refractivity contribution in [1.82, 2.24) is 9.13 Å². The molecule has 152 valence electrons. The lowest BCUT2D eigenvalue weighted by molar-refractivity contribution is -0.116. The third-order valence-corrected chi connectivity index (χ3v) is 5.66. The van der Waals surface area contributed by atoms with Gasteiger partial charge in [-0.25, -0.2) is 13.8 Å². The summed E-state index contributed by atoms with van der Waals surface area (Å²) in [6.07, 6.45) is 0. The van der Waals surface area contributed by atoms with Crippen LogP contribution in [0, 0.1) is 19.7 Å². The zero-order valence-corrected chi connectivity index (χ0v) is 17.1. The quantitative estimate of drug-likeness (QED) is 0.545. The van der Waals surface area contributed by atoms with Gasteiger partial charge in [0.15, 0.2) is 0 Å². The molecule has 0 atom stereocenters. The van der Waals surface area contributed by atoms with Crippen molar-refractivity contribution in [1.29, 1.82) is 0 Å². The summed E-state index contributed by atoms with van der Waals surface area (Å²) < 4.78 is 16.5. The number of benzene rings is 2. The number of carbonyl (C=O) groups excluding carboxylic acids is 1. The van der Waals surface area contributed by atoms with Crippen LogP contribution in [0.15, 0.2) is 63.5 Å². The minimum atomic E-state index is -0.700. The van der Waals surface area contributed by atoms with Crippen molar-refractivity contribution in [2.75, 3.05) is 5.32 Å². The molecule has 2 aromatic carbocycles. The summed E-state index contributed by atoms with van der Waals surface area (Å²) in [5.74, 6) is -0.927. The normalized spacial score (nSPS) is 11.0. The number of nitrogens with one attached hydrogen (secondary N) is 1. The molecule has 30 heavy (non-hydrogen) atoms. The van der Waals surface area contributed by atoms with Gasteiger partial charge in [-0.3, -0.25) is 14.2 Å². The minimum Gasteiger partial charge on any atom is -0.325 e. The lowest BCUT2D eigenvalue weighted by atomic mass is 10.2. The van der Waals surface area contributed by atoms with Gasteiger partial charge < -0.3 is 5.32 Å². The molecule has 2 aromatic heterocycles. The van der Waals surface area contributed by atoms with E-state index in [1.54, 1.807) is 24.4 Å². The topological polar surface area (TPSA) is 73.1 Å². The van der Waals surface area contributed by atoms with E-state index in [1.807, 2.05) is 25.1 Å². The van der Waals surface area contributed by atoms with Crippen LogP contribution in [0.4, 0.5) is 10.1 Å². The van der Waals surface area contributed by atoms with Crippen molar-refractivity contribution in [3.05, 3.63) is 91.7 Å². The first-order chi connectivity index (χ1) is 14.3. The Morgan fingerprint density at radius 1 is 1.10 bits per heavy atom. The number of carbonyl (C=O) groups is 1. The number of thiophene rings is 1. The van der Waals surface area contributed by atoms with Crippen LogP contribution < -0.4 is 16.6 Å². The zero-order chi connectivity index (χ0) is 21.4.